The maximum absolute atomic E-state index is 12.4. The molecule has 3 heteroatoms. The normalized spacial score (nSPS) is 13.2. The van der Waals surface area contributed by atoms with Crippen molar-refractivity contribution in [1.82, 2.24) is 5.32 Å². The van der Waals surface area contributed by atoms with Crippen LogP contribution < -0.4 is 11.1 Å². The standard InChI is InChI=1S/C19H22N2O/c1-14(2)13-17(15-9-5-3-6-10-15)21-19(22)18(20)16-11-7-4-8-12-16/h3-12,17-18H,1,13,20H2,2H3,(H,21,22)/t17-,18-/m1/s1. The van der Waals surface area contributed by atoms with Gasteiger partial charge in [-0.2, -0.15) is 0 Å². The molecule has 0 saturated carbocycles. The van der Waals surface area contributed by atoms with Crippen molar-refractivity contribution in [3.8, 4) is 0 Å². The summed E-state index contributed by atoms with van der Waals surface area (Å²) in [5.41, 5.74) is 8.94. The molecule has 2 aromatic rings. The van der Waals surface area contributed by atoms with Crippen LogP contribution in [0.2, 0.25) is 0 Å². The Morgan fingerprint density at radius 1 is 1.05 bits per heavy atom. The van der Waals surface area contributed by atoms with Crippen LogP contribution in [0.4, 0.5) is 0 Å². The molecule has 0 aliphatic rings. The third kappa shape index (κ3) is 4.30. The minimum atomic E-state index is -0.669. The van der Waals surface area contributed by atoms with Gasteiger partial charge in [0, 0.05) is 0 Å². The van der Waals surface area contributed by atoms with Crippen LogP contribution in [0.25, 0.3) is 0 Å². The molecule has 0 aliphatic carbocycles. The Morgan fingerprint density at radius 2 is 1.55 bits per heavy atom. The van der Waals surface area contributed by atoms with Crippen molar-refractivity contribution in [2.24, 2.45) is 5.73 Å². The Kier molecular flexibility index (Phi) is 5.50. The third-order valence-corrected chi connectivity index (χ3v) is 3.51. The summed E-state index contributed by atoms with van der Waals surface area (Å²) in [6.45, 7) is 5.91. The topological polar surface area (TPSA) is 55.1 Å². The van der Waals surface area contributed by atoms with Crippen LogP contribution in [0, 0.1) is 0 Å². The van der Waals surface area contributed by atoms with E-state index < -0.39 is 6.04 Å². The largest absolute Gasteiger partial charge is 0.347 e. The molecule has 0 aromatic heterocycles. The fourth-order valence-electron chi connectivity index (χ4n) is 2.36. The van der Waals surface area contributed by atoms with E-state index in [0.29, 0.717) is 6.42 Å². The van der Waals surface area contributed by atoms with Gasteiger partial charge in [-0.25, -0.2) is 0 Å². The summed E-state index contributed by atoms with van der Waals surface area (Å²) in [6.07, 6.45) is 0.692. The predicted molar refractivity (Wildman–Crippen MR) is 90.1 cm³/mol. The lowest BCUT2D eigenvalue weighted by Gasteiger charge is -2.22. The zero-order chi connectivity index (χ0) is 15.9. The lowest BCUT2D eigenvalue weighted by atomic mass is 9.99. The zero-order valence-electron chi connectivity index (χ0n) is 12.8. The van der Waals surface area contributed by atoms with Gasteiger partial charge in [-0.1, -0.05) is 66.2 Å². The van der Waals surface area contributed by atoms with Gasteiger partial charge < -0.3 is 11.1 Å². The van der Waals surface area contributed by atoms with E-state index in [-0.39, 0.29) is 11.9 Å². The van der Waals surface area contributed by atoms with Gasteiger partial charge in [0.05, 0.1) is 6.04 Å². The number of nitrogens with two attached hydrogens (primary N) is 1. The van der Waals surface area contributed by atoms with E-state index in [0.717, 1.165) is 16.7 Å². The molecule has 0 unspecified atom stereocenters. The molecule has 3 nitrogen and oxygen atoms in total. The summed E-state index contributed by atoms with van der Waals surface area (Å²) in [5, 5.41) is 3.04. The van der Waals surface area contributed by atoms with Gasteiger partial charge in [0.2, 0.25) is 5.91 Å². The van der Waals surface area contributed by atoms with Gasteiger partial charge in [-0.15, -0.1) is 6.58 Å². The Bertz CT molecular complexity index is 622. The number of hydrogen-bond donors (Lipinski definition) is 2. The van der Waals surface area contributed by atoms with Crippen molar-refractivity contribution in [2.75, 3.05) is 0 Å². The highest BCUT2D eigenvalue weighted by molar-refractivity contribution is 5.83. The molecule has 2 atom stereocenters. The second kappa shape index (κ2) is 7.57. The lowest BCUT2D eigenvalue weighted by Crippen LogP contribution is -2.36. The first kappa shape index (κ1) is 16.0. The zero-order valence-corrected chi connectivity index (χ0v) is 12.8. The monoisotopic (exact) mass is 294 g/mol. The minimum absolute atomic E-state index is 0.110. The van der Waals surface area contributed by atoms with Crippen LogP contribution in [0.5, 0.6) is 0 Å². The Balaban J connectivity index is 2.13. The van der Waals surface area contributed by atoms with E-state index in [9.17, 15) is 4.79 Å². The van der Waals surface area contributed by atoms with Crippen LogP contribution in [-0.4, -0.2) is 5.91 Å². The van der Waals surface area contributed by atoms with Crippen molar-refractivity contribution >= 4 is 5.91 Å². The van der Waals surface area contributed by atoms with Gasteiger partial charge in [-0.3, -0.25) is 4.79 Å². The highest BCUT2D eigenvalue weighted by atomic mass is 16.2. The highest BCUT2D eigenvalue weighted by Crippen LogP contribution is 2.21. The molecule has 0 radical (unpaired) electrons. The summed E-state index contributed by atoms with van der Waals surface area (Å²) >= 11 is 0. The number of amides is 1. The molecule has 114 valence electrons. The van der Waals surface area contributed by atoms with Crippen molar-refractivity contribution in [2.45, 2.75) is 25.4 Å². The fraction of sp³-hybridized carbons (Fsp3) is 0.211. The first-order chi connectivity index (χ1) is 10.6. The van der Waals surface area contributed by atoms with Crippen LogP contribution in [0.1, 0.15) is 36.6 Å². The number of benzene rings is 2. The number of rotatable bonds is 6. The van der Waals surface area contributed by atoms with E-state index in [1.165, 1.54) is 0 Å². The van der Waals surface area contributed by atoms with Crippen molar-refractivity contribution < 1.29 is 4.79 Å². The molecule has 3 N–H and O–H groups in total. The van der Waals surface area contributed by atoms with E-state index in [1.807, 2.05) is 67.6 Å². The first-order valence-electron chi connectivity index (χ1n) is 7.38. The number of carbonyl (C=O) groups excluding carboxylic acids is 1. The smallest absolute Gasteiger partial charge is 0.242 e. The second-order valence-electron chi connectivity index (χ2n) is 5.52. The van der Waals surface area contributed by atoms with Gasteiger partial charge in [0.15, 0.2) is 0 Å². The van der Waals surface area contributed by atoms with Crippen molar-refractivity contribution in [3.63, 3.8) is 0 Å². The van der Waals surface area contributed by atoms with Crippen LogP contribution in [0.3, 0.4) is 0 Å². The summed E-state index contributed by atoms with van der Waals surface area (Å²) in [5.74, 6) is -0.179. The summed E-state index contributed by atoms with van der Waals surface area (Å²) in [4.78, 5) is 12.4. The molecular formula is C19H22N2O. The molecule has 0 bridgehead atoms. The maximum atomic E-state index is 12.4. The van der Waals surface area contributed by atoms with Gasteiger partial charge in [-0.05, 0) is 24.5 Å². The molecule has 0 fully saturated rings. The maximum Gasteiger partial charge on any atom is 0.242 e. The van der Waals surface area contributed by atoms with E-state index in [1.54, 1.807) is 0 Å². The molecule has 2 aromatic carbocycles. The average molecular weight is 294 g/mol. The van der Waals surface area contributed by atoms with Crippen molar-refractivity contribution in [1.29, 1.82) is 0 Å². The van der Waals surface area contributed by atoms with Crippen LogP contribution in [0.15, 0.2) is 72.8 Å². The van der Waals surface area contributed by atoms with E-state index in [2.05, 4.69) is 11.9 Å². The molecule has 22 heavy (non-hydrogen) atoms. The van der Waals surface area contributed by atoms with E-state index >= 15 is 0 Å². The lowest BCUT2D eigenvalue weighted by molar-refractivity contribution is -0.123. The summed E-state index contributed by atoms with van der Waals surface area (Å²) < 4.78 is 0. The number of nitrogens with one attached hydrogen (secondary N) is 1. The summed E-state index contributed by atoms with van der Waals surface area (Å²) in [7, 11) is 0. The first-order valence-corrected chi connectivity index (χ1v) is 7.38. The molecule has 0 spiro atoms. The predicted octanol–water partition coefficient (Wildman–Crippen LogP) is 3.51. The number of hydrogen-bond acceptors (Lipinski definition) is 2. The molecule has 0 saturated heterocycles. The number of carbonyl (C=O) groups is 1. The molecule has 0 aliphatic heterocycles. The van der Waals surface area contributed by atoms with Crippen LogP contribution in [-0.2, 0) is 4.79 Å². The molecule has 0 heterocycles. The average Bonchev–Trinajstić information content (AvgIpc) is 2.54. The Morgan fingerprint density at radius 3 is 2.05 bits per heavy atom. The Labute approximate surface area is 131 Å². The van der Waals surface area contributed by atoms with Gasteiger partial charge in [0.25, 0.3) is 0 Å². The second-order valence-corrected chi connectivity index (χ2v) is 5.52. The quantitative estimate of drug-likeness (QED) is 0.801. The molecular weight excluding hydrogens is 272 g/mol. The van der Waals surface area contributed by atoms with Gasteiger partial charge >= 0.3 is 0 Å². The summed E-state index contributed by atoms with van der Waals surface area (Å²) in [6, 6.07) is 18.5. The minimum Gasteiger partial charge on any atom is -0.347 e. The van der Waals surface area contributed by atoms with Crippen LogP contribution >= 0.6 is 0 Å². The van der Waals surface area contributed by atoms with Gasteiger partial charge in [0.1, 0.15) is 6.04 Å². The fourth-order valence-corrected chi connectivity index (χ4v) is 2.36. The SMILES string of the molecule is C=C(C)C[C@@H](NC(=O)[C@H](N)c1ccccc1)c1ccccc1. The van der Waals surface area contributed by atoms with Crippen molar-refractivity contribution in [3.05, 3.63) is 83.9 Å². The molecule has 1 amide bonds. The highest BCUT2D eigenvalue weighted by Gasteiger charge is 2.20. The Hall–Kier alpha value is -2.39. The third-order valence-electron chi connectivity index (χ3n) is 3.51. The van der Waals surface area contributed by atoms with E-state index in [4.69, 9.17) is 5.73 Å². The molecule has 2 rings (SSSR count).